The molecule has 6 nitrogen and oxygen atoms in total. The lowest BCUT2D eigenvalue weighted by molar-refractivity contribution is 0.0746. The molecule has 138 valence electrons. The van der Waals surface area contributed by atoms with Gasteiger partial charge in [-0.25, -0.2) is 4.98 Å². The Kier molecular flexibility index (Phi) is 5.84. The van der Waals surface area contributed by atoms with Crippen molar-refractivity contribution in [1.82, 2.24) is 14.9 Å². The van der Waals surface area contributed by atoms with Crippen LogP contribution in [-0.2, 0) is 0 Å². The van der Waals surface area contributed by atoms with Crippen molar-refractivity contribution in [3.63, 3.8) is 0 Å². The maximum absolute atomic E-state index is 12.7. The van der Waals surface area contributed by atoms with E-state index in [1.165, 1.54) is 0 Å². The minimum Gasteiger partial charge on any atom is -0.354 e. The second kappa shape index (κ2) is 8.10. The summed E-state index contributed by atoms with van der Waals surface area (Å²) in [6.07, 6.45) is 0. The zero-order valence-corrected chi connectivity index (χ0v) is 16.3. The van der Waals surface area contributed by atoms with Crippen LogP contribution in [0.5, 0.6) is 0 Å². The normalized spacial score (nSPS) is 14.5. The highest BCUT2D eigenvalue weighted by molar-refractivity contribution is 6.35. The van der Waals surface area contributed by atoms with Crippen LogP contribution in [0.4, 0.5) is 11.8 Å². The zero-order valence-electron chi connectivity index (χ0n) is 14.8. The number of nitrogens with zero attached hydrogens (tertiary/aromatic N) is 4. The van der Waals surface area contributed by atoms with Gasteiger partial charge in [0.25, 0.3) is 5.91 Å². The lowest BCUT2D eigenvalue weighted by Gasteiger charge is -2.35. The highest BCUT2D eigenvalue weighted by atomic mass is 35.5. The summed E-state index contributed by atoms with van der Waals surface area (Å²) in [5.41, 5.74) is 1.43. The number of aromatic nitrogens is 2. The van der Waals surface area contributed by atoms with Crippen molar-refractivity contribution in [2.75, 3.05) is 42.9 Å². The Morgan fingerprint density at radius 2 is 1.73 bits per heavy atom. The monoisotopic (exact) mass is 393 g/mol. The topological polar surface area (TPSA) is 61.4 Å². The van der Waals surface area contributed by atoms with Crippen LogP contribution in [0.2, 0.25) is 10.0 Å². The smallest absolute Gasteiger partial charge is 0.254 e. The van der Waals surface area contributed by atoms with Gasteiger partial charge in [0.15, 0.2) is 0 Å². The molecule has 1 aliphatic rings. The standard InChI is InChI=1S/C18H21Cl2N5O/c1-3-21-18-22-12(2)8-16(23-18)24-4-6-25(7-5-24)17(26)13-9-14(19)11-15(20)10-13/h8-11H,3-7H2,1-2H3,(H,21,22,23). The number of halogens is 2. The number of benzene rings is 1. The first-order valence-electron chi connectivity index (χ1n) is 8.56. The van der Waals surface area contributed by atoms with Gasteiger partial charge in [-0.05, 0) is 32.0 Å². The Morgan fingerprint density at radius 3 is 2.35 bits per heavy atom. The minimum atomic E-state index is -0.0544. The predicted molar refractivity (Wildman–Crippen MR) is 106 cm³/mol. The summed E-state index contributed by atoms with van der Waals surface area (Å²) in [6, 6.07) is 6.89. The van der Waals surface area contributed by atoms with Crippen LogP contribution in [-0.4, -0.2) is 53.5 Å². The molecule has 1 aromatic heterocycles. The molecule has 0 spiro atoms. The number of amides is 1. The molecular formula is C18H21Cl2N5O. The molecule has 1 fully saturated rings. The van der Waals surface area contributed by atoms with Crippen molar-refractivity contribution in [2.24, 2.45) is 0 Å². The summed E-state index contributed by atoms with van der Waals surface area (Å²) in [6.45, 7) is 7.38. The highest BCUT2D eigenvalue weighted by Crippen LogP contribution is 2.22. The van der Waals surface area contributed by atoms with E-state index < -0.39 is 0 Å². The number of carbonyl (C=O) groups excluding carboxylic acids is 1. The number of nitrogens with one attached hydrogen (secondary N) is 1. The number of aryl methyl sites for hydroxylation is 1. The number of piperazine rings is 1. The molecule has 26 heavy (non-hydrogen) atoms. The highest BCUT2D eigenvalue weighted by Gasteiger charge is 2.23. The average molecular weight is 394 g/mol. The van der Waals surface area contributed by atoms with Crippen LogP contribution in [0, 0.1) is 6.92 Å². The van der Waals surface area contributed by atoms with E-state index in [0.717, 1.165) is 18.1 Å². The zero-order chi connectivity index (χ0) is 18.7. The molecule has 8 heteroatoms. The van der Waals surface area contributed by atoms with Crippen molar-refractivity contribution in [3.8, 4) is 0 Å². The van der Waals surface area contributed by atoms with E-state index in [9.17, 15) is 4.79 Å². The molecule has 2 aromatic rings. The third-order valence-corrected chi connectivity index (χ3v) is 4.61. The fraction of sp³-hybridized carbons (Fsp3) is 0.389. The van der Waals surface area contributed by atoms with E-state index in [-0.39, 0.29) is 5.91 Å². The fourth-order valence-corrected chi connectivity index (χ4v) is 3.48. The van der Waals surface area contributed by atoms with Gasteiger partial charge in [0.05, 0.1) is 0 Å². The SMILES string of the molecule is CCNc1nc(C)cc(N2CCN(C(=O)c3cc(Cl)cc(Cl)c3)CC2)n1. The first-order chi connectivity index (χ1) is 12.5. The summed E-state index contributed by atoms with van der Waals surface area (Å²) in [7, 11) is 0. The first kappa shape index (κ1) is 18.7. The van der Waals surface area contributed by atoms with Crippen LogP contribution in [0.1, 0.15) is 23.0 Å². The molecule has 3 rings (SSSR count). The largest absolute Gasteiger partial charge is 0.354 e. The van der Waals surface area contributed by atoms with E-state index in [0.29, 0.717) is 47.7 Å². The van der Waals surface area contributed by atoms with E-state index in [4.69, 9.17) is 23.2 Å². The molecule has 1 saturated heterocycles. The Labute approximate surface area is 163 Å². The summed E-state index contributed by atoms with van der Waals surface area (Å²) in [5, 5.41) is 4.08. The van der Waals surface area contributed by atoms with Crippen molar-refractivity contribution >= 4 is 40.9 Å². The van der Waals surface area contributed by atoms with Crippen LogP contribution in [0.3, 0.4) is 0 Å². The van der Waals surface area contributed by atoms with Gasteiger partial charge >= 0.3 is 0 Å². The molecule has 0 aliphatic carbocycles. The third kappa shape index (κ3) is 4.37. The molecule has 1 N–H and O–H groups in total. The minimum absolute atomic E-state index is 0.0544. The lowest BCUT2D eigenvalue weighted by atomic mass is 10.2. The van der Waals surface area contributed by atoms with Gasteiger partial charge in [0, 0.05) is 60.1 Å². The van der Waals surface area contributed by atoms with Crippen LogP contribution >= 0.6 is 23.2 Å². The molecule has 1 aliphatic heterocycles. The Hall–Kier alpha value is -2.05. The summed E-state index contributed by atoms with van der Waals surface area (Å²) < 4.78 is 0. The van der Waals surface area contributed by atoms with Gasteiger partial charge in [-0.1, -0.05) is 23.2 Å². The fourth-order valence-electron chi connectivity index (χ4n) is 2.95. The van der Waals surface area contributed by atoms with E-state index in [1.807, 2.05) is 24.8 Å². The molecular weight excluding hydrogens is 373 g/mol. The summed E-state index contributed by atoms with van der Waals surface area (Å²) in [5.74, 6) is 1.46. The van der Waals surface area contributed by atoms with E-state index >= 15 is 0 Å². The van der Waals surface area contributed by atoms with Gasteiger partial charge < -0.3 is 15.1 Å². The number of anilines is 2. The van der Waals surface area contributed by atoms with Crippen molar-refractivity contribution in [3.05, 3.63) is 45.6 Å². The maximum atomic E-state index is 12.7. The average Bonchev–Trinajstić information content (AvgIpc) is 2.60. The second-order valence-electron chi connectivity index (χ2n) is 6.16. The molecule has 1 amide bonds. The van der Waals surface area contributed by atoms with Gasteiger partial charge in [-0.2, -0.15) is 4.98 Å². The van der Waals surface area contributed by atoms with Gasteiger partial charge in [-0.3, -0.25) is 4.79 Å². The van der Waals surface area contributed by atoms with E-state index in [2.05, 4.69) is 20.2 Å². The van der Waals surface area contributed by atoms with Crippen LogP contribution < -0.4 is 10.2 Å². The summed E-state index contributed by atoms with van der Waals surface area (Å²) in [4.78, 5) is 25.6. The molecule has 0 atom stereocenters. The van der Waals surface area contributed by atoms with Crippen LogP contribution in [0.25, 0.3) is 0 Å². The summed E-state index contributed by atoms with van der Waals surface area (Å²) >= 11 is 12.0. The van der Waals surface area contributed by atoms with Crippen molar-refractivity contribution in [1.29, 1.82) is 0 Å². The lowest BCUT2D eigenvalue weighted by Crippen LogP contribution is -2.49. The molecule has 1 aromatic carbocycles. The number of hydrogen-bond acceptors (Lipinski definition) is 5. The Bertz CT molecular complexity index is 786. The Morgan fingerprint density at radius 1 is 1.08 bits per heavy atom. The molecule has 0 radical (unpaired) electrons. The molecule has 2 heterocycles. The van der Waals surface area contributed by atoms with Gasteiger partial charge in [-0.15, -0.1) is 0 Å². The third-order valence-electron chi connectivity index (χ3n) is 4.18. The number of rotatable bonds is 4. The molecule has 0 bridgehead atoms. The maximum Gasteiger partial charge on any atom is 0.254 e. The second-order valence-corrected chi connectivity index (χ2v) is 7.03. The Balaban J connectivity index is 1.68. The van der Waals surface area contributed by atoms with Crippen molar-refractivity contribution in [2.45, 2.75) is 13.8 Å². The first-order valence-corrected chi connectivity index (χ1v) is 9.31. The number of carbonyl (C=O) groups is 1. The quantitative estimate of drug-likeness (QED) is 0.861. The van der Waals surface area contributed by atoms with E-state index in [1.54, 1.807) is 18.2 Å². The number of hydrogen-bond donors (Lipinski definition) is 1. The van der Waals surface area contributed by atoms with Crippen LogP contribution in [0.15, 0.2) is 24.3 Å². The van der Waals surface area contributed by atoms with Gasteiger partial charge in [0.2, 0.25) is 5.95 Å². The molecule has 0 unspecified atom stereocenters. The van der Waals surface area contributed by atoms with Gasteiger partial charge in [0.1, 0.15) is 5.82 Å². The molecule has 0 saturated carbocycles. The van der Waals surface area contributed by atoms with Crippen molar-refractivity contribution < 1.29 is 4.79 Å². The predicted octanol–water partition coefficient (Wildman–Crippen LogP) is 3.49.